The van der Waals surface area contributed by atoms with Crippen LogP contribution in [-0.2, 0) is 4.79 Å². The maximum absolute atomic E-state index is 12.4. The Labute approximate surface area is 127 Å². The van der Waals surface area contributed by atoms with Crippen LogP contribution in [0, 0.1) is 12.3 Å². The minimum atomic E-state index is -0.304. The average molecular weight is 346 g/mol. The molecule has 3 nitrogen and oxygen atoms in total. The summed E-state index contributed by atoms with van der Waals surface area (Å²) in [6.07, 6.45) is 1.71. The molecule has 0 bridgehead atoms. The Morgan fingerprint density at radius 3 is 2.68 bits per heavy atom. The number of benzene rings is 1. The molecule has 2 rings (SSSR count). The number of piperidine rings is 1. The number of hydrogen-bond acceptors (Lipinski definition) is 2. The minimum absolute atomic E-state index is 0.0645. The standard InChI is InChI=1S/C14H18BrClN2O/c1-9-7-10(15)12(8-11(9)16)18-13(19)14(2)3-5-17-6-4-14/h7-8,17H,3-6H2,1-2H3,(H,18,19). The fraction of sp³-hybridized carbons (Fsp3) is 0.500. The van der Waals surface area contributed by atoms with Crippen molar-refractivity contribution in [3.63, 3.8) is 0 Å². The fourth-order valence-corrected chi connectivity index (χ4v) is 2.94. The Morgan fingerprint density at radius 2 is 2.05 bits per heavy atom. The number of anilines is 1. The summed E-state index contributed by atoms with van der Waals surface area (Å²) in [6, 6.07) is 3.71. The van der Waals surface area contributed by atoms with Crippen LogP contribution >= 0.6 is 27.5 Å². The number of carbonyl (C=O) groups is 1. The van der Waals surface area contributed by atoms with Crippen molar-refractivity contribution in [2.45, 2.75) is 26.7 Å². The molecule has 0 aliphatic carbocycles. The van der Waals surface area contributed by atoms with Gasteiger partial charge in [0.05, 0.1) is 5.69 Å². The van der Waals surface area contributed by atoms with E-state index in [1.54, 1.807) is 6.07 Å². The summed E-state index contributed by atoms with van der Waals surface area (Å²) >= 11 is 9.57. The van der Waals surface area contributed by atoms with Crippen molar-refractivity contribution >= 4 is 39.1 Å². The third-order valence-electron chi connectivity index (χ3n) is 3.75. The van der Waals surface area contributed by atoms with E-state index in [1.165, 1.54) is 0 Å². The number of halogens is 2. The van der Waals surface area contributed by atoms with Gasteiger partial charge in [0.25, 0.3) is 0 Å². The molecule has 0 spiro atoms. The third kappa shape index (κ3) is 3.30. The van der Waals surface area contributed by atoms with Crippen molar-refractivity contribution in [2.24, 2.45) is 5.41 Å². The second-order valence-corrected chi connectivity index (χ2v) is 6.61. The Bertz CT molecular complexity index is 498. The molecule has 19 heavy (non-hydrogen) atoms. The average Bonchev–Trinajstić information content (AvgIpc) is 2.36. The van der Waals surface area contributed by atoms with Crippen LogP contribution in [0.1, 0.15) is 25.3 Å². The molecule has 1 saturated heterocycles. The molecule has 0 radical (unpaired) electrons. The molecule has 2 N–H and O–H groups in total. The molecule has 0 atom stereocenters. The number of amides is 1. The lowest BCUT2D eigenvalue weighted by molar-refractivity contribution is -0.126. The van der Waals surface area contributed by atoms with E-state index in [-0.39, 0.29) is 11.3 Å². The Morgan fingerprint density at radius 1 is 1.42 bits per heavy atom. The van der Waals surface area contributed by atoms with Gasteiger partial charge in [-0.25, -0.2) is 0 Å². The van der Waals surface area contributed by atoms with Gasteiger partial charge in [0, 0.05) is 14.9 Å². The summed E-state index contributed by atoms with van der Waals surface area (Å²) in [6.45, 7) is 5.74. The monoisotopic (exact) mass is 344 g/mol. The lowest BCUT2D eigenvalue weighted by atomic mass is 9.80. The predicted molar refractivity (Wildman–Crippen MR) is 82.7 cm³/mol. The van der Waals surface area contributed by atoms with Crippen molar-refractivity contribution in [3.05, 3.63) is 27.2 Å². The highest BCUT2D eigenvalue weighted by atomic mass is 79.9. The van der Waals surface area contributed by atoms with E-state index in [1.807, 2.05) is 19.9 Å². The molecule has 5 heteroatoms. The van der Waals surface area contributed by atoms with Crippen LogP contribution in [0.4, 0.5) is 5.69 Å². The van der Waals surface area contributed by atoms with Gasteiger partial charge in [-0.3, -0.25) is 4.79 Å². The summed E-state index contributed by atoms with van der Waals surface area (Å²) < 4.78 is 0.861. The second kappa shape index (κ2) is 5.81. The lowest BCUT2D eigenvalue weighted by Crippen LogP contribution is -2.42. The highest BCUT2D eigenvalue weighted by Gasteiger charge is 2.34. The molecular weight excluding hydrogens is 328 g/mol. The van der Waals surface area contributed by atoms with E-state index < -0.39 is 0 Å². The van der Waals surface area contributed by atoms with Gasteiger partial charge < -0.3 is 10.6 Å². The van der Waals surface area contributed by atoms with Gasteiger partial charge in [0.1, 0.15) is 0 Å². The topological polar surface area (TPSA) is 41.1 Å². The van der Waals surface area contributed by atoms with Crippen LogP contribution in [-0.4, -0.2) is 19.0 Å². The summed E-state index contributed by atoms with van der Waals surface area (Å²) in [7, 11) is 0. The van der Waals surface area contributed by atoms with E-state index in [2.05, 4.69) is 26.6 Å². The van der Waals surface area contributed by atoms with Crippen LogP contribution in [0.15, 0.2) is 16.6 Å². The SMILES string of the molecule is Cc1cc(Br)c(NC(=O)C2(C)CCNCC2)cc1Cl. The fourth-order valence-electron chi connectivity index (χ4n) is 2.22. The summed E-state index contributed by atoms with van der Waals surface area (Å²) in [5, 5.41) is 6.93. The van der Waals surface area contributed by atoms with Gasteiger partial charge in [-0.15, -0.1) is 0 Å². The second-order valence-electron chi connectivity index (χ2n) is 5.35. The molecule has 1 aromatic rings. The van der Waals surface area contributed by atoms with Crippen molar-refractivity contribution < 1.29 is 4.79 Å². The molecule has 1 amide bonds. The molecule has 104 valence electrons. The highest BCUT2D eigenvalue weighted by molar-refractivity contribution is 9.10. The van der Waals surface area contributed by atoms with Gasteiger partial charge in [0.15, 0.2) is 0 Å². The third-order valence-corrected chi connectivity index (χ3v) is 4.82. The molecule has 0 aromatic heterocycles. The maximum atomic E-state index is 12.4. The zero-order valence-corrected chi connectivity index (χ0v) is 13.5. The van der Waals surface area contributed by atoms with Crippen LogP contribution in [0.2, 0.25) is 5.02 Å². The van der Waals surface area contributed by atoms with E-state index in [9.17, 15) is 4.79 Å². The molecule has 1 heterocycles. The maximum Gasteiger partial charge on any atom is 0.230 e. The molecule has 0 unspecified atom stereocenters. The first-order valence-corrected chi connectivity index (χ1v) is 7.57. The molecular formula is C14H18BrClN2O. The van der Waals surface area contributed by atoms with Crippen LogP contribution in [0.3, 0.4) is 0 Å². The van der Waals surface area contributed by atoms with Gasteiger partial charge >= 0.3 is 0 Å². The first-order valence-electron chi connectivity index (χ1n) is 6.40. The Kier molecular flexibility index (Phi) is 4.54. The summed E-state index contributed by atoms with van der Waals surface area (Å²) in [5.41, 5.74) is 1.42. The number of rotatable bonds is 2. The number of aryl methyl sites for hydroxylation is 1. The quantitative estimate of drug-likeness (QED) is 0.857. The first-order chi connectivity index (χ1) is 8.92. The van der Waals surface area contributed by atoms with Crippen LogP contribution in [0.5, 0.6) is 0 Å². The zero-order chi connectivity index (χ0) is 14.0. The zero-order valence-electron chi connectivity index (χ0n) is 11.1. The van der Waals surface area contributed by atoms with Crippen molar-refractivity contribution in [3.8, 4) is 0 Å². The molecule has 1 fully saturated rings. The lowest BCUT2D eigenvalue weighted by Gasteiger charge is -2.32. The number of nitrogens with one attached hydrogen (secondary N) is 2. The van der Waals surface area contributed by atoms with E-state index >= 15 is 0 Å². The molecule has 0 saturated carbocycles. The summed E-state index contributed by atoms with van der Waals surface area (Å²) in [4.78, 5) is 12.4. The van der Waals surface area contributed by atoms with Crippen LogP contribution < -0.4 is 10.6 Å². The number of hydrogen-bond donors (Lipinski definition) is 2. The van der Waals surface area contributed by atoms with Gasteiger partial charge in [-0.1, -0.05) is 18.5 Å². The van der Waals surface area contributed by atoms with Crippen LogP contribution in [0.25, 0.3) is 0 Å². The van der Waals surface area contributed by atoms with Gasteiger partial charge in [0.2, 0.25) is 5.91 Å². The minimum Gasteiger partial charge on any atom is -0.325 e. The summed E-state index contributed by atoms with van der Waals surface area (Å²) in [5.74, 6) is 0.0645. The van der Waals surface area contributed by atoms with Gasteiger partial charge in [-0.2, -0.15) is 0 Å². The molecule has 1 aliphatic heterocycles. The normalized spacial score (nSPS) is 18.1. The highest BCUT2D eigenvalue weighted by Crippen LogP contribution is 2.33. The smallest absolute Gasteiger partial charge is 0.230 e. The largest absolute Gasteiger partial charge is 0.325 e. The van der Waals surface area contributed by atoms with E-state index in [4.69, 9.17) is 11.6 Å². The van der Waals surface area contributed by atoms with E-state index in [0.717, 1.165) is 41.7 Å². The number of carbonyl (C=O) groups excluding carboxylic acids is 1. The van der Waals surface area contributed by atoms with Gasteiger partial charge in [-0.05, 0) is 66.5 Å². The Hall–Kier alpha value is -0.580. The first kappa shape index (κ1) is 14.8. The molecule has 1 aliphatic rings. The van der Waals surface area contributed by atoms with E-state index in [0.29, 0.717) is 5.02 Å². The van der Waals surface area contributed by atoms with Crippen molar-refractivity contribution in [1.82, 2.24) is 5.32 Å². The Balaban J connectivity index is 2.16. The molecule has 1 aromatic carbocycles. The predicted octanol–water partition coefficient (Wildman–Crippen LogP) is 3.74. The van der Waals surface area contributed by atoms with Crippen molar-refractivity contribution in [1.29, 1.82) is 0 Å². The van der Waals surface area contributed by atoms with Crippen molar-refractivity contribution in [2.75, 3.05) is 18.4 Å².